The summed E-state index contributed by atoms with van der Waals surface area (Å²) in [5, 5.41) is 0. The standard InChI is InChI=1S/C18H38/c1-5-9-10-11-14-18(13-6-2)16-12-15-17(7-3)8-4/h17-18H,5-16H2,1-4H3. The topological polar surface area (TPSA) is 0 Å². The number of unbranched alkanes of at least 4 members (excludes halogenated alkanes) is 3. The van der Waals surface area contributed by atoms with E-state index in [0.29, 0.717) is 0 Å². The van der Waals surface area contributed by atoms with Gasteiger partial charge in [0.25, 0.3) is 0 Å². The van der Waals surface area contributed by atoms with E-state index in [1.165, 1.54) is 77.0 Å². The zero-order valence-corrected chi connectivity index (χ0v) is 13.6. The average Bonchev–Trinajstić information content (AvgIpc) is 2.39. The number of rotatable bonds is 13. The second-order valence-electron chi connectivity index (χ2n) is 6.12. The van der Waals surface area contributed by atoms with Gasteiger partial charge in [0, 0.05) is 0 Å². The van der Waals surface area contributed by atoms with Gasteiger partial charge >= 0.3 is 0 Å². The summed E-state index contributed by atoms with van der Waals surface area (Å²) >= 11 is 0. The summed E-state index contributed by atoms with van der Waals surface area (Å²) in [4.78, 5) is 0. The van der Waals surface area contributed by atoms with Gasteiger partial charge in [-0.05, 0) is 11.8 Å². The van der Waals surface area contributed by atoms with E-state index in [0.717, 1.165) is 11.8 Å². The van der Waals surface area contributed by atoms with Crippen molar-refractivity contribution in [2.24, 2.45) is 11.8 Å². The van der Waals surface area contributed by atoms with E-state index in [1.807, 2.05) is 0 Å². The average molecular weight is 255 g/mol. The summed E-state index contributed by atoms with van der Waals surface area (Å²) in [7, 11) is 0. The van der Waals surface area contributed by atoms with Crippen molar-refractivity contribution in [2.45, 2.75) is 105 Å². The molecule has 0 aliphatic heterocycles. The lowest BCUT2D eigenvalue weighted by Crippen LogP contribution is -2.03. The molecule has 0 N–H and O–H groups in total. The Morgan fingerprint density at radius 1 is 0.500 bits per heavy atom. The van der Waals surface area contributed by atoms with Crippen LogP contribution in [0.25, 0.3) is 0 Å². The Bertz CT molecular complexity index is 146. The van der Waals surface area contributed by atoms with E-state index in [1.54, 1.807) is 0 Å². The molecule has 0 heterocycles. The van der Waals surface area contributed by atoms with Crippen molar-refractivity contribution >= 4 is 0 Å². The quantitative estimate of drug-likeness (QED) is 0.311. The maximum atomic E-state index is 2.35. The van der Waals surface area contributed by atoms with Gasteiger partial charge in [-0.1, -0.05) is 105 Å². The maximum absolute atomic E-state index is 2.35. The van der Waals surface area contributed by atoms with Crippen LogP contribution in [-0.4, -0.2) is 0 Å². The van der Waals surface area contributed by atoms with Gasteiger partial charge in [-0.15, -0.1) is 0 Å². The smallest absolute Gasteiger partial charge is 0.0414 e. The van der Waals surface area contributed by atoms with E-state index in [2.05, 4.69) is 27.7 Å². The molecule has 0 nitrogen and oxygen atoms in total. The van der Waals surface area contributed by atoms with Crippen molar-refractivity contribution in [3.63, 3.8) is 0 Å². The van der Waals surface area contributed by atoms with E-state index >= 15 is 0 Å². The zero-order valence-electron chi connectivity index (χ0n) is 13.6. The van der Waals surface area contributed by atoms with Gasteiger partial charge in [0.05, 0.1) is 0 Å². The molecule has 1 atom stereocenters. The van der Waals surface area contributed by atoms with Crippen LogP contribution in [0, 0.1) is 11.8 Å². The first-order valence-corrected chi connectivity index (χ1v) is 8.78. The van der Waals surface area contributed by atoms with Crippen LogP contribution in [0.2, 0.25) is 0 Å². The highest BCUT2D eigenvalue weighted by molar-refractivity contribution is 4.62. The molecule has 0 radical (unpaired) electrons. The lowest BCUT2D eigenvalue weighted by molar-refractivity contribution is 0.353. The van der Waals surface area contributed by atoms with Crippen LogP contribution < -0.4 is 0 Å². The molecule has 0 saturated carbocycles. The Kier molecular flexibility index (Phi) is 13.4. The van der Waals surface area contributed by atoms with Crippen LogP contribution in [0.1, 0.15) is 105 Å². The Hall–Kier alpha value is 0. The van der Waals surface area contributed by atoms with Crippen molar-refractivity contribution in [3.8, 4) is 0 Å². The molecule has 0 rings (SSSR count). The SMILES string of the molecule is CCCCCCC(CCC)CCCC(CC)CC. The summed E-state index contributed by atoms with van der Waals surface area (Å²) in [6.07, 6.45) is 17.3. The van der Waals surface area contributed by atoms with Gasteiger partial charge in [-0.2, -0.15) is 0 Å². The fourth-order valence-corrected chi connectivity index (χ4v) is 3.09. The third-order valence-corrected chi connectivity index (χ3v) is 4.54. The summed E-state index contributed by atoms with van der Waals surface area (Å²) in [6, 6.07) is 0. The first kappa shape index (κ1) is 18.0. The minimum absolute atomic E-state index is 0.993. The van der Waals surface area contributed by atoms with Gasteiger partial charge in [-0.25, -0.2) is 0 Å². The molecule has 0 fully saturated rings. The first-order chi connectivity index (χ1) is 8.78. The summed E-state index contributed by atoms with van der Waals surface area (Å²) in [5.74, 6) is 2.02. The molecule has 18 heavy (non-hydrogen) atoms. The molecule has 0 aromatic heterocycles. The molecule has 0 aliphatic rings. The van der Waals surface area contributed by atoms with Gasteiger partial charge in [0.2, 0.25) is 0 Å². The summed E-state index contributed by atoms with van der Waals surface area (Å²) in [6.45, 7) is 9.35. The monoisotopic (exact) mass is 254 g/mol. The third-order valence-electron chi connectivity index (χ3n) is 4.54. The Morgan fingerprint density at radius 3 is 1.67 bits per heavy atom. The minimum Gasteiger partial charge on any atom is -0.0654 e. The van der Waals surface area contributed by atoms with E-state index in [-0.39, 0.29) is 0 Å². The lowest BCUT2D eigenvalue weighted by Gasteiger charge is -2.18. The van der Waals surface area contributed by atoms with Crippen molar-refractivity contribution in [1.29, 1.82) is 0 Å². The lowest BCUT2D eigenvalue weighted by atomic mass is 9.88. The molecular formula is C18H38. The first-order valence-electron chi connectivity index (χ1n) is 8.78. The zero-order chi connectivity index (χ0) is 13.6. The minimum atomic E-state index is 0.993. The normalized spacial score (nSPS) is 13.2. The highest BCUT2D eigenvalue weighted by Gasteiger charge is 2.09. The van der Waals surface area contributed by atoms with E-state index in [9.17, 15) is 0 Å². The summed E-state index contributed by atoms with van der Waals surface area (Å²) < 4.78 is 0. The van der Waals surface area contributed by atoms with Crippen LogP contribution in [0.3, 0.4) is 0 Å². The van der Waals surface area contributed by atoms with Gasteiger partial charge in [0.1, 0.15) is 0 Å². The molecule has 0 heteroatoms. The van der Waals surface area contributed by atoms with E-state index < -0.39 is 0 Å². The van der Waals surface area contributed by atoms with Gasteiger partial charge < -0.3 is 0 Å². The van der Waals surface area contributed by atoms with Crippen LogP contribution in [-0.2, 0) is 0 Å². The van der Waals surface area contributed by atoms with Gasteiger partial charge in [-0.3, -0.25) is 0 Å². The van der Waals surface area contributed by atoms with Crippen LogP contribution in [0.4, 0.5) is 0 Å². The van der Waals surface area contributed by atoms with Crippen molar-refractivity contribution < 1.29 is 0 Å². The largest absolute Gasteiger partial charge is 0.0654 e. The summed E-state index contributed by atoms with van der Waals surface area (Å²) in [5.41, 5.74) is 0. The number of hydrogen-bond acceptors (Lipinski definition) is 0. The molecule has 110 valence electrons. The fraction of sp³-hybridized carbons (Fsp3) is 1.00. The predicted molar refractivity (Wildman–Crippen MR) is 85.1 cm³/mol. The predicted octanol–water partition coefficient (Wildman–Crippen LogP) is 6.98. The molecule has 0 aromatic carbocycles. The Balaban J connectivity index is 3.67. The van der Waals surface area contributed by atoms with Crippen molar-refractivity contribution in [3.05, 3.63) is 0 Å². The second kappa shape index (κ2) is 13.4. The second-order valence-corrected chi connectivity index (χ2v) is 6.12. The molecule has 1 unspecified atom stereocenters. The molecular weight excluding hydrogens is 216 g/mol. The van der Waals surface area contributed by atoms with E-state index in [4.69, 9.17) is 0 Å². The van der Waals surface area contributed by atoms with Crippen LogP contribution in [0.15, 0.2) is 0 Å². The van der Waals surface area contributed by atoms with Crippen molar-refractivity contribution in [2.75, 3.05) is 0 Å². The molecule has 0 aromatic rings. The molecule has 0 amide bonds. The van der Waals surface area contributed by atoms with Crippen LogP contribution >= 0.6 is 0 Å². The molecule has 0 bridgehead atoms. The molecule has 0 spiro atoms. The number of hydrogen-bond donors (Lipinski definition) is 0. The molecule has 0 saturated heterocycles. The Morgan fingerprint density at radius 2 is 1.11 bits per heavy atom. The fourth-order valence-electron chi connectivity index (χ4n) is 3.09. The maximum Gasteiger partial charge on any atom is -0.0414 e. The highest BCUT2D eigenvalue weighted by Crippen LogP contribution is 2.24. The third kappa shape index (κ3) is 9.97. The van der Waals surface area contributed by atoms with Gasteiger partial charge in [0.15, 0.2) is 0 Å². The van der Waals surface area contributed by atoms with Crippen molar-refractivity contribution in [1.82, 2.24) is 0 Å². The Labute approximate surface area is 117 Å². The van der Waals surface area contributed by atoms with Crippen LogP contribution in [0.5, 0.6) is 0 Å². The highest BCUT2D eigenvalue weighted by atomic mass is 14.2. The molecule has 0 aliphatic carbocycles.